The van der Waals surface area contributed by atoms with Gasteiger partial charge >= 0.3 is 10.1 Å². The molecular formula is C24H33NO4S. The van der Waals surface area contributed by atoms with Gasteiger partial charge in [0.15, 0.2) is 0 Å². The molecule has 30 heavy (non-hydrogen) atoms. The first-order valence-electron chi connectivity index (χ1n) is 10.3. The van der Waals surface area contributed by atoms with Crippen molar-refractivity contribution < 1.29 is 17.4 Å². The highest BCUT2D eigenvalue weighted by Gasteiger charge is 2.20. The van der Waals surface area contributed by atoms with Gasteiger partial charge in [-0.05, 0) is 53.6 Å². The lowest BCUT2D eigenvalue weighted by Gasteiger charge is -2.26. The van der Waals surface area contributed by atoms with E-state index in [1.807, 2.05) is 30.3 Å². The maximum Gasteiger partial charge on any atom is 0.308 e. The SMILES string of the molecule is CCS(=O)(=O)Oc1cccc(CN(CC(C)C)C(=O)c2ccc(C(C)(C)C)cc2)c1. The molecule has 0 aliphatic carbocycles. The van der Waals surface area contributed by atoms with Crippen LogP contribution < -0.4 is 4.18 Å². The smallest absolute Gasteiger partial charge is 0.308 e. The van der Waals surface area contributed by atoms with Gasteiger partial charge in [0.2, 0.25) is 0 Å². The summed E-state index contributed by atoms with van der Waals surface area (Å²) in [5.74, 6) is 0.417. The zero-order valence-corrected chi connectivity index (χ0v) is 19.6. The first-order chi connectivity index (χ1) is 13.9. The number of hydrogen-bond donors (Lipinski definition) is 0. The van der Waals surface area contributed by atoms with Crippen LogP contribution in [0.25, 0.3) is 0 Å². The number of benzene rings is 2. The molecule has 0 spiro atoms. The van der Waals surface area contributed by atoms with Crippen LogP contribution in [0.1, 0.15) is 63.0 Å². The third-order valence-corrected chi connectivity index (χ3v) is 5.87. The van der Waals surface area contributed by atoms with E-state index in [9.17, 15) is 13.2 Å². The van der Waals surface area contributed by atoms with Crippen LogP contribution in [0.4, 0.5) is 0 Å². The van der Waals surface area contributed by atoms with Crippen LogP contribution in [0.15, 0.2) is 48.5 Å². The zero-order valence-electron chi connectivity index (χ0n) is 18.8. The van der Waals surface area contributed by atoms with Crippen molar-refractivity contribution in [1.82, 2.24) is 4.90 Å². The minimum atomic E-state index is -3.59. The summed E-state index contributed by atoms with van der Waals surface area (Å²) in [6, 6.07) is 14.7. The van der Waals surface area contributed by atoms with Crippen molar-refractivity contribution in [1.29, 1.82) is 0 Å². The van der Waals surface area contributed by atoms with Gasteiger partial charge in [0.1, 0.15) is 5.75 Å². The van der Waals surface area contributed by atoms with Gasteiger partial charge in [-0.3, -0.25) is 4.79 Å². The second-order valence-corrected chi connectivity index (χ2v) is 10.8. The van der Waals surface area contributed by atoms with Gasteiger partial charge in [-0.15, -0.1) is 0 Å². The molecule has 0 atom stereocenters. The molecule has 2 aromatic rings. The number of nitrogens with zero attached hydrogens (tertiary/aromatic N) is 1. The van der Waals surface area contributed by atoms with Crippen molar-refractivity contribution in [2.45, 2.75) is 53.5 Å². The molecule has 0 N–H and O–H groups in total. The van der Waals surface area contributed by atoms with Crippen LogP contribution in [0.3, 0.4) is 0 Å². The average Bonchev–Trinajstić information content (AvgIpc) is 2.66. The topological polar surface area (TPSA) is 63.7 Å². The molecule has 0 saturated heterocycles. The van der Waals surface area contributed by atoms with Crippen molar-refractivity contribution in [2.75, 3.05) is 12.3 Å². The molecule has 1 amide bonds. The van der Waals surface area contributed by atoms with Crippen molar-refractivity contribution >= 4 is 16.0 Å². The van der Waals surface area contributed by atoms with Gasteiger partial charge in [-0.1, -0.05) is 58.9 Å². The maximum atomic E-state index is 13.2. The largest absolute Gasteiger partial charge is 0.382 e. The summed E-state index contributed by atoms with van der Waals surface area (Å²) in [4.78, 5) is 15.0. The van der Waals surface area contributed by atoms with Crippen molar-refractivity contribution in [3.05, 3.63) is 65.2 Å². The molecule has 0 fully saturated rings. The van der Waals surface area contributed by atoms with Gasteiger partial charge < -0.3 is 9.08 Å². The van der Waals surface area contributed by atoms with Gasteiger partial charge in [0.25, 0.3) is 5.91 Å². The summed E-state index contributed by atoms with van der Waals surface area (Å²) >= 11 is 0. The summed E-state index contributed by atoms with van der Waals surface area (Å²) in [5.41, 5.74) is 2.67. The summed E-state index contributed by atoms with van der Waals surface area (Å²) < 4.78 is 28.6. The van der Waals surface area contributed by atoms with Crippen LogP contribution >= 0.6 is 0 Å². The van der Waals surface area contributed by atoms with Crippen LogP contribution in [0.2, 0.25) is 0 Å². The second kappa shape index (κ2) is 9.65. The minimum absolute atomic E-state index is 0.0263. The molecule has 0 aliphatic heterocycles. The Morgan fingerprint density at radius 2 is 1.70 bits per heavy atom. The Labute approximate surface area is 181 Å². The Hall–Kier alpha value is -2.34. The Balaban J connectivity index is 2.25. The van der Waals surface area contributed by atoms with Crippen molar-refractivity contribution in [3.8, 4) is 5.75 Å². The van der Waals surface area contributed by atoms with Gasteiger partial charge in [0.05, 0.1) is 5.75 Å². The molecule has 2 aromatic carbocycles. The van der Waals surface area contributed by atoms with Crippen LogP contribution in [0, 0.1) is 5.92 Å². The number of carbonyl (C=O) groups excluding carboxylic acids is 1. The van der Waals surface area contributed by atoms with Crippen LogP contribution in [0.5, 0.6) is 5.75 Å². The normalized spacial score (nSPS) is 12.1. The lowest BCUT2D eigenvalue weighted by molar-refractivity contribution is 0.0722. The first-order valence-corrected chi connectivity index (χ1v) is 11.9. The average molecular weight is 432 g/mol. The van der Waals surface area contributed by atoms with Crippen LogP contribution in [-0.4, -0.2) is 31.5 Å². The molecular weight excluding hydrogens is 398 g/mol. The molecule has 2 rings (SSSR count). The monoisotopic (exact) mass is 431 g/mol. The minimum Gasteiger partial charge on any atom is -0.382 e. The maximum absolute atomic E-state index is 13.2. The van der Waals surface area contributed by atoms with Crippen LogP contribution in [-0.2, 0) is 22.1 Å². The first kappa shape index (κ1) is 23.9. The lowest BCUT2D eigenvalue weighted by atomic mass is 9.86. The van der Waals surface area contributed by atoms with Gasteiger partial charge in [-0.2, -0.15) is 8.42 Å². The third-order valence-electron chi connectivity index (χ3n) is 4.72. The van der Waals surface area contributed by atoms with E-state index in [1.54, 1.807) is 23.1 Å². The molecule has 0 aromatic heterocycles. The molecule has 0 heterocycles. The molecule has 164 valence electrons. The standard InChI is InChI=1S/C24H33NO4S/c1-7-30(27,28)29-22-10-8-9-19(15-22)17-25(16-18(2)3)23(26)20-11-13-21(14-12-20)24(4,5)6/h8-15,18H,7,16-17H2,1-6H3. The molecule has 0 saturated carbocycles. The highest BCUT2D eigenvalue weighted by atomic mass is 32.2. The lowest BCUT2D eigenvalue weighted by Crippen LogP contribution is -2.33. The Bertz CT molecular complexity index is 957. The van der Waals surface area contributed by atoms with E-state index in [-0.39, 0.29) is 22.8 Å². The molecule has 0 bridgehead atoms. The molecule has 0 radical (unpaired) electrons. The fourth-order valence-electron chi connectivity index (χ4n) is 3.08. The zero-order chi connectivity index (χ0) is 22.5. The van der Waals surface area contributed by atoms with Crippen molar-refractivity contribution in [3.63, 3.8) is 0 Å². The summed E-state index contributed by atoms with van der Waals surface area (Å²) in [7, 11) is -3.59. The second-order valence-electron chi connectivity index (χ2n) is 8.98. The summed E-state index contributed by atoms with van der Waals surface area (Å²) in [5, 5.41) is 0. The van der Waals surface area contributed by atoms with E-state index in [0.717, 1.165) is 5.56 Å². The Morgan fingerprint density at radius 1 is 1.07 bits per heavy atom. The van der Waals surface area contributed by atoms with E-state index >= 15 is 0 Å². The molecule has 5 nitrogen and oxygen atoms in total. The van der Waals surface area contributed by atoms with E-state index < -0.39 is 10.1 Å². The third kappa shape index (κ3) is 6.87. The highest BCUT2D eigenvalue weighted by molar-refractivity contribution is 7.87. The number of amides is 1. The molecule has 6 heteroatoms. The summed E-state index contributed by atoms with van der Waals surface area (Å²) in [6.45, 7) is 13.1. The quantitative estimate of drug-likeness (QED) is 0.551. The van der Waals surface area contributed by atoms with Crippen molar-refractivity contribution in [2.24, 2.45) is 5.92 Å². The van der Waals surface area contributed by atoms with E-state index in [1.165, 1.54) is 12.5 Å². The number of carbonyl (C=O) groups is 1. The van der Waals surface area contributed by atoms with E-state index in [2.05, 4.69) is 34.6 Å². The number of rotatable bonds is 8. The predicted molar refractivity (Wildman–Crippen MR) is 121 cm³/mol. The fourth-order valence-corrected chi connectivity index (χ4v) is 3.59. The van der Waals surface area contributed by atoms with Gasteiger partial charge in [0, 0.05) is 18.7 Å². The van der Waals surface area contributed by atoms with Gasteiger partial charge in [-0.25, -0.2) is 0 Å². The Morgan fingerprint density at radius 3 is 2.23 bits per heavy atom. The number of hydrogen-bond acceptors (Lipinski definition) is 4. The highest BCUT2D eigenvalue weighted by Crippen LogP contribution is 2.23. The van der Waals surface area contributed by atoms with E-state index in [4.69, 9.17) is 4.18 Å². The predicted octanol–water partition coefficient (Wildman–Crippen LogP) is 5.01. The molecule has 0 unspecified atom stereocenters. The van der Waals surface area contributed by atoms with E-state index in [0.29, 0.717) is 24.6 Å². The summed E-state index contributed by atoms with van der Waals surface area (Å²) in [6.07, 6.45) is 0. The molecule has 0 aliphatic rings. The Kier molecular flexibility index (Phi) is 7.70. The fraction of sp³-hybridized carbons (Fsp3) is 0.458.